The van der Waals surface area contributed by atoms with Crippen LogP contribution < -0.4 is 15.0 Å². The van der Waals surface area contributed by atoms with Crippen LogP contribution in [-0.2, 0) is 20.8 Å². The molecule has 0 radical (unpaired) electrons. The molecule has 0 saturated carbocycles. The first-order valence-corrected chi connectivity index (χ1v) is 10.4. The lowest BCUT2D eigenvalue weighted by molar-refractivity contribution is -0.126. The van der Waals surface area contributed by atoms with Crippen molar-refractivity contribution in [1.29, 1.82) is 0 Å². The molecule has 3 rings (SSSR count). The average molecular weight is 444 g/mol. The Morgan fingerprint density at radius 3 is 2.56 bits per heavy atom. The maximum atomic E-state index is 13.5. The lowest BCUT2D eigenvalue weighted by Gasteiger charge is -2.43. The van der Waals surface area contributed by atoms with Crippen LogP contribution in [-0.4, -0.2) is 67.1 Å². The number of ether oxygens (including phenoxy) is 3. The molecule has 32 heavy (non-hydrogen) atoms. The Kier molecular flexibility index (Phi) is 7.14. The van der Waals surface area contributed by atoms with Gasteiger partial charge in [0.25, 0.3) is 5.91 Å². The Balaban J connectivity index is 2.00. The summed E-state index contributed by atoms with van der Waals surface area (Å²) in [7, 11) is 3.14. The summed E-state index contributed by atoms with van der Waals surface area (Å²) in [6.07, 6.45) is 0.634. The first-order chi connectivity index (χ1) is 15.3. The van der Waals surface area contributed by atoms with E-state index in [1.807, 2.05) is 0 Å². The van der Waals surface area contributed by atoms with Gasteiger partial charge in [-0.3, -0.25) is 19.2 Å². The van der Waals surface area contributed by atoms with Crippen molar-refractivity contribution in [1.82, 2.24) is 15.1 Å². The van der Waals surface area contributed by atoms with Crippen LogP contribution in [0.15, 0.2) is 30.3 Å². The lowest BCUT2D eigenvalue weighted by atomic mass is 9.94. The molecule has 0 saturated heterocycles. The van der Waals surface area contributed by atoms with Crippen LogP contribution in [0, 0.1) is 0 Å². The van der Waals surface area contributed by atoms with Gasteiger partial charge in [0.15, 0.2) is 5.69 Å². The number of esters is 1. The molecule has 1 aliphatic rings. The van der Waals surface area contributed by atoms with Crippen LogP contribution in [0.1, 0.15) is 41.2 Å². The number of benzene rings is 1. The highest BCUT2D eigenvalue weighted by atomic mass is 16.5. The van der Waals surface area contributed by atoms with E-state index in [0.29, 0.717) is 31.0 Å². The zero-order chi connectivity index (χ0) is 23.3. The molecule has 1 aliphatic heterocycles. The number of hydrogen-bond donors (Lipinski definition) is 1. The number of carbonyl (C=O) groups excluding carboxylic acids is 3. The normalized spacial score (nSPS) is 17.6. The third kappa shape index (κ3) is 4.45. The minimum Gasteiger partial charge on any atom is -0.497 e. The zero-order valence-electron chi connectivity index (χ0n) is 18.7. The molecule has 1 aromatic heterocycles. The highest BCUT2D eigenvalue weighted by Crippen LogP contribution is 2.33. The molecule has 10 heteroatoms. The van der Waals surface area contributed by atoms with E-state index in [9.17, 15) is 14.4 Å². The SMILES string of the molecule is CCOC(=O)c1cc2n(n1)CC(C)(C(=O)NCCCOC)N(c1ccc(OC)cc1)C2=O. The number of rotatable bonds is 9. The maximum Gasteiger partial charge on any atom is 0.358 e. The number of aromatic nitrogens is 2. The number of nitrogens with zero attached hydrogens (tertiary/aromatic N) is 3. The van der Waals surface area contributed by atoms with Crippen molar-refractivity contribution in [2.45, 2.75) is 32.4 Å². The predicted molar refractivity (Wildman–Crippen MR) is 116 cm³/mol. The van der Waals surface area contributed by atoms with Crippen molar-refractivity contribution >= 4 is 23.5 Å². The van der Waals surface area contributed by atoms with Crippen molar-refractivity contribution in [3.63, 3.8) is 0 Å². The Bertz CT molecular complexity index is 987. The molecule has 1 N–H and O–H groups in total. The van der Waals surface area contributed by atoms with E-state index in [1.165, 1.54) is 15.6 Å². The third-order valence-corrected chi connectivity index (χ3v) is 5.27. The van der Waals surface area contributed by atoms with Crippen LogP contribution in [0.25, 0.3) is 0 Å². The summed E-state index contributed by atoms with van der Waals surface area (Å²) < 4.78 is 16.6. The van der Waals surface area contributed by atoms with Gasteiger partial charge in [0.1, 0.15) is 17.0 Å². The van der Waals surface area contributed by atoms with Gasteiger partial charge in [0.05, 0.1) is 20.3 Å². The second-order valence-electron chi connectivity index (χ2n) is 7.51. The van der Waals surface area contributed by atoms with Gasteiger partial charge in [-0.25, -0.2) is 4.79 Å². The van der Waals surface area contributed by atoms with Crippen LogP contribution in [0.3, 0.4) is 0 Å². The minimum atomic E-state index is -1.29. The number of methoxy groups -OCH3 is 2. The van der Waals surface area contributed by atoms with Crippen LogP contribution in [0.4, 0.5) is 5.69 Å². The van der Waals surface area contributed by atoms with E-state index in [4.69, 9.17) is 14.2 Å². The molecule has 2 amide bonds. The molecule has 0 bridgehead atoms. The van der Waals surface area contributed by atoms with Gasteiger partial charge >= 0.3 is 5.97 Å². The van der Waals surface area contributed by atoms with Crippen LogP contribution >= 0.6 is 0 Å². The first kappa shape index (κ1) is 23.3. The fraction of sp³-hybridized carbons (Fsp3) is 0.455. The van der Waals surface area contributed by atoms with Crippen molar-refractivity contribution < 1.29 is 28.6 Å². The Morgan fingerprint density at radius 2 is 1.94 bits per heavy atom. The predicted octanol–water partition coefficient (Wildman–Crippen LogP) is 1.64. The number of fused-ring (bicyclic) bond motifs is 1. The van der Waals surface area contributed by atoms with Crippen LogP contribution in [0.2, 0.25) is 0 Å². The second kappa shape index (κ2) is 9.82. The summed E-state index contributed by atoms with van der Waals surface area (Å²) in [4.78, 5) is 40.4. The Morgan fingerprint density at radius 1 is 1.22 bits per heavy atom. The number of carbonyl (C=O) groups is 3. The van der Waals surface area contributed by atoms with Gasteiger partial charge in [-0.15, -0.1) is 0 Å². The fourth-order valence-electron chi connectivity index (χ4n) is 3.63. The second-order valence-corrected chi connectivity index (χ2v) is 7.51. The summed E-state index contributed by atoms with van der Waals surface area (Å²) in [6.45, 7) is 4.52. The van der Waals surface area contributed by atoms with Gasteiger partial charge in [0, 0.05) is 32.0 Å². The third-order valence-electron chi connectivity index (χ3n) is 5.27. The first-order valence-electron chi connectivity index (χ1n) is 10.4. The number of nitrogens with one attached hydrogen (secondary N) is 1. The molecule has 2 heterocycles. The summed E-state index contributed by atoms with van der Waals surface area (Å²) in [5.74, 6) is -0.780. The highest BCUT2D eigenvalue weighted by molar-refractivity contribution is 6.12. The van der Waals surface area contributed by atoms with Gasteiger partial charge in [-0.2, -0.15) is 5.10 Å². The van der Waals surface area contributed by atoms with E-state index < -0.39 is 17.4 Å². The van der Waals surface area contributed by atoms with Crippen molar-refractivity contribution in [3.05, 3.63) is 41.7 Å². The molecule has 0 spiro atoms. The summed E-state index contributed by atoms with van der Waals surface area (Å²) in [5.41, 5.74) is -0.539. The van der Waals surface area contributed by atoms with Gasteiger partial charge < -0.3 is 19.5 Å². The Labute approximate surface area is 186 Å². The number of amides is 2. The van der Waals surface area contributed by atoms with E-state index in [-0.39, 0.29) is 30.4 Å². The molecule has 1 aromatic carbocycles. The highest BCUT2D eigenvalue weighted by Gasteiger charge is 2.49. The molecule has 0 fully saturated rings. The largest absolute Gasteiger partial charge is 0.497 e. The summed E-state index contributed by atoms with van der Waals surface area (Å²) in [5, 5.41) is 7.12. The maximum absolute atomic E-state index is 13.5. The Hall–Kier alpha value is -3.40. The van der Waals surface area contributed by atoms with Gasteiger partial charge in [-0.05, 0) is 44.5 Å². The zero-order valence-corrected chi connectivity index (χ0v) is 18.7. The van der Waals surface area contributed by atoms with E-state index in [1.54, 1.807) is 52.3 Å². The molecule has 10 nitrogen and oxygen atoms in total. The van der Waals surface area contributed by atoms with Gasteiger partial charge in [-0.1, -0.05) is 0 Å². The van der Waals surface area contributed by atoms with E-state index in [2.05, 4.69) is 10.4 Å². The smallest absolute Gasteiger partial charge is 0.358 e. The molecular formula is C22H28N4O6. The minimum absolute atomic E-state index is 0.0228. The van der Waals surface area contributed by atoms with E-state index in [0.717, 1.165) is 0 Å². The summed E-state index contributed by atoms with van der Waals surface area (Å²) >= 11 is 0. The van der Waals surface area contributed by atoms with Crippen molar-refractivity contribution in [3.8, 4) is 5.75 Å². The van der Waals surface area contributed by atoms with Crippen molar-refractivity contribution in [2.24, 2.45) is 0 Å². The van der Waals surface area contributed by atoms with Gasteiger partial charge in [0.2, 0.25) is 5.91 Å². The average Bonchev–Trinajstić information content (AvgIpc) is 3.21. The quantitative estimate of drug-likeness (QED) is 0.462. The molecule has 2 aromatic rings. The molecular weight excluding hydrogens is 416 g/mol. The number of anilines is 1. The molecule has 172 valence electrons. The number of hydrogen-bond acceptors (Lipinski definition) is 7. The lowest BCUT2D eigenvalue weighted by Crippen LogP contribution is -2.64. The fourth-order valence-corrected chi connectivity index (χ4v) is 3.63. The molecule has 0 aliphatic carbocycles. The standard InChI is InChI=1S/C22H28N4O6/c1-5-32-20(28)17-13-18-19(27)26(15-7-9-16(31-4)10-8-15)22(2,14-25(18)24-17)21(29)23-11-6-12-30-3/h7-10,13H,5-6,11-12,14H2,1-4H3,(H,23,29). The molecule has 1 atom stereocenters. The monoisotopic (exact) mass is 444 g/mol. The van der Waals surface area contributed by atoms with Crippen LogP contribution in [0.5, 0.6) is 5.75 Å². The van der Waals surface area contributed by atoms with Crippen molar-refractivity contribution in [2.75, 3.05) is 38.9 Å². The van der Waals surface area contributed by atoms with E-state index >= 15 is 0 Å². The molecule has 1 unspecified atom stereocenters. The topological polar surface area (TPSA) is 112 Å². The summed E-state index contributed by atoms with van der Waals surface area (Å²) in [6, 6.07) is 8.26.